The third-order valence-corrected chi connectivity index (χ3v) is 1.88. The van der Waals surface area contributed by atoms with Gasteiger partial charge in [-0.2, -0.15) is 0 Å². The van der Waals surface area contributed by atoms with Gasteiger partial charge < -0.3 is 4.90 Å². The molecule has 0 aromatic rings. The second-order valence-corrected chi connectivity index (χ2v) is 2.61. The summed E-state index contributed by atoms with van der Waals surface area (Å²) in [5.41, 5.74) is 2.04. The fourth-order valence-corrected chi connectivity index (χ4v) is 0.926. The van der Waals surface area contributed by atoms with Crippen LogP contribution in [0.15, 0.2) is 33.7 Å². The maximum atomic E-state index is 4.11. The molecule has 0 N–H and O–H groups in total. The number of aliphatic imine (C=N–C) groups is 2. The van der Waals surface area contributed by atoms with Crippen molar-refractivity contribution in [2.24, 2.45) is 9.98 Å². The van der Waals surface area contributed by atoms with Gasteiger partial charge in [0.15, 0.2) is 0 Å². The van der Waals surface area contributed by atoms with Gasteiger partial charge in [0.1, 0.15) is 6.67 Å². The summed E-state index contributed by atoms with van der Waals surface area (Å²) in [5, 5.41) is 0. The Kier molecular flexibility index (Phi) is 2.80. The van der Waals surface area contributed by atoms with Crippen molar-refractivity contribution in [1.82, 2.24) is 4.90 Å². The molecule has 0 saturated heterocycles. The molecule has 0 bridgehead atoms. The van der Waals surface area contributed by atoms with Crippen LogP contribution in [0, 0.1) is 0 Å². The van der Waals surface area contributed by atoms with E-state index in [-0.39, 0.29) is 0 Å². The Morgan fingerprint density at radius 2 is 2.33 bits per heavy atom. The molecule has 1 heterocycles. The van der Waals surface area contributed by atoms with Crippen LogP contribution in [-0.4, -0.2) is 24.5 Å². The van der Waals surface area contributed by atoms with Gasteiger partial charge in [-0.15, -0.1) is 0 Å². The van der Waals surface area contributed by atoms with Crippen molar-refractivity contribution in [2.75, 3.05) is 6.67 Å². The molecule has 0 aromatic carbocycles. The van der Waals surface area contributed by atoms with Gasteiger partial charge in [0.25, 0.3) is 0 Å². The first-order valence-electron chi connectivity index (χ1n) is 3.83. The van der Waals surface area contributed by atoms with E-state index in [1.54, 1.807) is 6.21 Å². The van der Waals surface area contributed by atoms with Crippen LogP contribution in [0.3, 0.4) is 0 Å². The van der Waals surface area contributed by atoms with E-state index in [0.717, 1.165) is 11.4 Å². The van der Waals surface area contributed by atoms with E-state index in [1.165, 1.54) is 0 Å². The summed E-state index contributed by atoms with van der Waals surface area (Å²) in [6.45, 7) is 8.10. The van der Waals surface area contributed by atoms with Crippen molar-refractivity contribution >= 4 is 12.9 Å². The minimum Gasteiger partial charge on any atom is -0.330 e. The molecule has 0 spiro atoms. The van der Waals surface area contributed by atoms with E-state index in [4.69, 9.17) is 0 Å². The molecule has 1 aliphatic heterocycles. The zero-order valence-electron chi connectivity index (χ0n) is 7.49. The van der Waals surface area contributed by atoms with Crippen molar-refractivity contribution in [1.29, 1.82) is 0 Å². The van der Waals surface area contributed by atoms with Crippen LogP contribution >= 0.6 is 0 Å². The SMILES string of the molecule is C=N/C(C)=C(/C)N1C=CC=NC1. The smallest absolute Gasteiger partial charge is 0.114 e. The van der Waals surface area contributed by atoms with Crippen LogP contribution in [0.5, 0.6) is 0 Å². The first-order chi connectivity index (χ1) is 5.75. The summed E-state index contributed by atoms with van der Waals surface area (Å²) in [6.07, 6.45) is 5.68. The van der Waals surface area contributed by atoms with Gasteiger partial charge in [-0.3, -0.25) is 9.98 Å². The minimum atomic E-state index is 0.676. The number of hydrogen-bond acceptors (Lipinski definition) is 3. The summed E-state index contributed by atoms with van der Waals surface area (Å²) in [5.74, 6) is 0. The van der Waals surface area contributed by atoms with E-state index in [0.29, 0.717) is 6.67 Å². The molecule has 1 rings (SSSR count). The molecular formula is C9H13N3. The van der Waals surface area contributed by atoms with Crippen LogP contribution in [-0.2, 0) is 0 Å². The van der Waals surface area contributed by atoms with E-state index < -0.39 is 0 Å². The van der Waals surface area contributed by atoms with Gasteiger partial charge >= 0.3 is 0 Å². The van der Waals surface area contributed by atoms with Gasteiger partial charge in [-0.25, -0.2) is 0 Å². The Morgan fingerprint density at radius 1 is 1.58 bits per heavy atom. The second kappa shape index (κ2) is 3.85. The summed E-state index contributed by atoms with van der Waals surface area (Å²) < 4.78 is 0. The topological polar surface area (TPSA) is 28.0 Å². The lowest BCUT2D eigenvalue weighted by atomic mass is 10.3. The highest BCUT2D eigenvalue weighted by molar-refractivity contribution is 5.71. The standard InChI is InChI=1S/C9H13N3/c1-8(10-3)9(2)12-6-4-5-11-7-12/h4-6H,3,7H2,1-2H3/b9-8-. The molecule has 0 aromatic heterocycles. The molecule has 0 unspecified atom stereocenters. The number of hydrogen-bond donors (Lipinski definition) is 0. The number of rotatable bonds is 2. The van der Waals surface area contributed by atoms with Crippen LogP contribution in [0.4, 0.5) is 0 Å². The normalized spacial score (nSPS) is 17.7. The Labute approximate surface area is 72.8 Å². The summed E-state index contributed by atoms with van der Waals surface area (Å²) in [4.78, 5) is 10.0. The van der Waals surface area contributed by atoms with Gasteiger partial charge in [0.05, 0.1) is 5.70 Å². The van der Waals surface area contributed by atoms with Gasteiger partial charge in [0, 0.05) is 18.1 Å². The molecule has 0 fully saturated rings. The predicted molar refractivity (Wildman–Crippen MR) is 52.3 cm³/mol. The molecule has 0 aliphatic carbocycles. The summed E-state index contributed by atoms with van der Waals surface area (Å²) in [6, 6.07) is 0. The summed E-state index contributed by atoms with van der Waals surface area (Å²) in [7, 11) is 0. The van der Waals surface area contributed by atoms with E-state index in [9.17, 15) is 0 Å². The van der Waals surface area contributed by atoms with E-state index in [1.807, 2.05) is 31.0 Å². The first-order valence-corrected chi connectivity index (χ1v) is 3.83. The van der Waals surface area contributed by atoms with Gasteiger partial charge in [0.2, 0.25) is 0 Å². The van der Waals surface area contributed by atoms with Gasteiger partial charge in [-0.05, 0) is 26.6 Å². The third kappa shape index (κ3) is 1.81. The van der Waals surface area contributed by atoms with Crippen molar-refractivity contribution in [3.8, 4) is 0 Å². The van der Waals surface area contributed by atoms with E-state index in [2.05, 4.69) is 16.7 Å². The lowest BCUT2D eigenvalue weighted by molar-refractivity contribution is 0.472. The molecule has 64 valence electrons. The minimum absolute atomic E-state index is 0.676. The second-order valence-electron chi connectivity index (χ2n) is 2.61. The summed E-state index contributed by atoms with van der Waals surface area (Å²) >= 11 is 0. The molecule has 0 amide bonds. The lowest BCUT2D eigenvalue weighted by Crippen LogP contribution is -2.18. The molecule has 3 heteroatoms. The molecule has 12 heavy (non-hydrogen) atoms. The molecule has 1 aliphatic rings. The monoisotopic (exact) mass is 163 g/mol. The van der Waals surface area contributed by atoms with Crippen molar-refractivity contribution in [2.45, 2.75) is 13.8 Å². The molecule has 0 radical (unpaired) electrons. The largest absolute Gasteiger partial charge is 0.330 e. The van der Waals surface area contributed by atoms with E-state index >= 15 is 0 Å². The van der Waals surface area contributed by atoms with Gasteiger partial charge in [-0.1, -0.05) is 0 Å². The van der Waals surface area contributed by atoms with Crippen LogP contribution in [0.1, 0.15) is 13.8 Å². The zero-order chi connectivity index (χ0) is 8.97. The number of nitrogens with zero attached hydrogens (tertiary/aromatic N) is 3. The maximum Gasteiger partial charge on any atom is 0.114 e. The highest BCUT2D eigenvalue weighted by Gasteiger charge is 2.04. The molecule has 0 atom stereocenters. The lowest BCUT2D eigenvalue weighted by Gasteiger charge is -2.21. The van der Waals surface area contributed by atoms with Crippen LogP contribution in [0.25, 0.3) is 0 Å². The number of allylic oxidation sites excluding steroid dienone is 3. The highest BCUT2D eigenvalue weighted by Crippen LogP contribution is 2.11. The Morgan fingerprint density at radius 3 is 2.83 bits per heavy atom. The average Bonchev–Trinajstić information content (AvgIpc) is 2.17. The van der Waals surface area contributed by atoms with Crippen LogP contribution < -0.4 is 0 Å². The zero-order valence-corrected chi connectivity index (χ0v) is 7.49. The Bertz CT molecular complexity index is 261. The first kappa shape index (κ1) is 8.71. The Balaban J connectivity index is 2.77. The van der Waals surface area contributed by atoms with Crippen LogP contribution in [0.2, 0.25) is 0 Å². The highest BCUT2D eigenvalue weighted by atomic mass is 15.2. The predicted octanol–water partition coefficient (Wildman–Crippen LogP) is 1.80. The Hall–Kier alpha value is -1.38. The third-order valence-electron chi connectivity index (χ3n) is 1.88. The van der Waals surface area contributed by atoms with Crippen molar-refractivity contribution in [3.63, 3.8) is 0 Å². The van der Waals surface area contributed by atoms with Crippen molar-refractivity contribution in [3.05, 3.63) is 23.7 Å². The maximum absolute atomic E-state index is 4.11. The molecule has 0 saturated carbocycles. The molecule has 3 nitrogen and oxygen atoms in total. The fraction of sp³-hybridized carbons (Fsp3) is 0.333. The molecular weight excluding hydrogens is 150 g/mol. The average molecular weight is 163 g/mol. The quantitative estimate of drug-likeness (QED) is 0.570. The fourth-order valence-electron chi connectivity index (χ4n) is 0.926. The van der Waals surface area contributed by atoms with Crippen molar-refractivity contribution < 1.29 is 0 Å².